The molecular formula is C19H20N4O. The summed E-state index contributed by atoms with van der Waals surface area (Å²) in [5.74, 6) is 0. The molecule has 0 saturated heterocycles. The van der Waals surface area contributed by atoms with Crippen LogP contribution in [0.15, 0.2) is 41.5 Å². The summed E-state index contributed by atoms with van der Waals surface area (Å²) in [5, 5.41) is 9.29. The number of fused-ring (bicyclic) bond motifs is 1. The molecule has 0 unspecified atom stereocenters. The number of aromatic nitrogens is 3. The van der Waals surface area contributed by atoms with Crippen molar-refractivity contribution >= 4 is 11.0 Å². The quantitative estimate of drug-likeness (QED) is 0.727. The van der Waals surface area contributed by atoms with Crippen LogP contribution in [0.2, 0.25) is 0 Å². The molecule has 5 nitrogen and oxygen atoms in total. The lowest BCUT2D eigenvalue weighted by Crippen LogP contribution is -2.27. The molecule has 0 aliphatic heterocycles. The number of hydrogen-bond donors (Lipinski definition) is 0. The highest BCUT2D eigenvalue weighted by Crippen LogP contribution is 2.27. The van der Waals surface area contributed by atoms with Crippen LogP contribution in [0.3, 0.4) is 0 Å². The molecule has 0 aliphatic rings. The SMILES string of the molecule is Cn1c(=O)n(CC(C)(C)C)c2ccc(-c3cnccc3C#N)cc21. The summed E-state index contributed by atoms with van der Waals surface area (Å²) in [6, 6.07) is 9.73. The van der Waals surface area contributed by atoms with Gasteiger partial charge in [-0.15, -0.1) is 0 Å². The highest BCUT2D eigenvalue weighted by Gasteiger charge is 2.18. The van der Waals surface area contributed by atoms with E-state index in [-0.39, 0.29) is 11.1 Å². The van der Waals surface area contributed by atoms with Crippen molar-refractivity contribution in [3.63, 3.8) is 0 Å². The van der Waals surface area contributed by atoms with E-state index in [9.17, 15) is 10.1 Å². The van der Waals surface area contributed by atoms with Crippen LogP contribution in [0.25, 0.3) is 22.2 Å². The fraction of sp³-hybridized carbons (Fsp3) is 0.316. The van der Waals surface area contributed by atoms with Gasteiger partial charge in [-0.25, -0.2) is 4.79 Å². The smallest absolute Gasteiger partial charge is 0.295 e. The lowest BCUT2D eigenvalue weighted by molar-refractivity contribution is 0.342. The van der Waals surface area contributed by atoms with Crippen molar-refractivity contribution in [2.24, 2.45) is 12.5 Å². The normalized spacial score (nSPS) is 11.6. The summed E-state index contributed by atoms with van der Waals surface area (Å²) in [6.07, 6.45) is 3.29. The average molecular weight is 320 g/mol. The van der Waals surface area contributed by atoms with Gasteiger partial charge in [-0.3, -0.25) is 14.1 Å². The second kappa shape index (κ2) is 5.64. The minimum atomic E-state index is -0.0243. The highest BCUT2D eigenvalue weighted by atomic mass is 16.1. The number of pyridine rings is 1. The fourth-order valence-electron chi connectivity index (χ4n) is 2.92. The van der Waals surface area contributed by atoms with Gasteiger partial charge in [-0.1, -0.05) is 26.8 Å². The van der Waals surface area contributed by atoms with Gasteiger partial charge in [0.25, 0.3) is 0 Å². The molecular weight excluding hydrogens is 300 g/mol. The molecule has 0 fully saturated rings. The molecule has 5 heteroatoms. The molecule has 2 heterocycles. The Morgan fingerprint density at radius 3 is 2.62 bits per heavy atom. The Morgan fingerprint density at radius 1 is 1.21 bits per heavy atom. The van der Waals surface area contributed by atoms with E-state index in [4.69, 9.17) is 0 Å². The predicted molar refractivity (Wildman–Crippen MR) is 94.6 cm³/mol. The number of imidazole rings is 1. The minimum absolute atomic E-state index is 0.00805. The zero-order chi connectivity index (χ0) is 17.5. The third kappa shape index (κ3) is 2.71. The van der Waals surface area contributed by atoms with Gasteiger partial charge in [0.2, 0.25) is 0 Å². The van der Waals surface area contributed by atoms with Crippen molar-refractivity contribution in [1.29, 1.82) is 5.26 Å². The first-order valence-corrected chi connectivity index (χ1v) is 7.85. The van der Waals surface area contributed by atoms with Gasteiger partial charge in [-0.05, 0) is 29.2 Å². The molecule has 2 aromatic heterocycles. The molecule has 1 aromatic carbocycles. The zero-order valence-electron chi connectivity index (χ0n) is 14.4. The Kier molecular flexibility index (Phi) is 3.76. The topological polar surface area (TPSA) is 63.6 Å². The summed E-state index contributed by atoms with van der Waals surface area (Å²) in [4.78, 5) is 16.7. The van der Waals surface area contributed by atoms with Crippen LogP contribution in [0.1, 0.15) is 26.3 Å². The molecule has 122 valence electrons. The standard InChI is InChI=1S/C19H20N4O/c1-19(2,3)12-23-16-6-5-13(9-17(16)22(4)18(23)24)15-11-21-8-7-14(15)10-20/h5-9,11H,12H2,1-4H3. The van der Waals surface area contributed by atoms with Gasteiger partial charge in [0.1, 0.15) is 0 Å². The maximum absolute atomic E-state index is 12.6. The number of aryl methyl sites for hydroxylation is 1. The molecule has 0 bridgehead atoms. The number of nitrogens with zero attached hydrogens (tertiary/aromatic N) is 4. The fourth-order valence-corrected chi connectivity index (χ4v) is 2.92. The van der Waals surface area contributed by atoms with E-state index in [2.05, 4.69) is 31.8 Å². The molecule has 3 aromatic rings. The van der Waals surface area contributed by atoms with E-state index in [0.29, 0.717) is 12.1 Å². The maximum atomic E-state index is 12.6. The molecule has 0 amide bonds. The maximum Gasteiger partial charge on any atom is 0.328 e. The largest absolute Gasteiger partial charge is 0.328 e. The van der Waals surface area contributed by atoms with Crippen LogP contribution in [0, 0.1) is 16.7 Å². The molecule has 0 spiro atoms. The average Bonchev–Trinajstić information content (AvgIpc) is 2.78. The van der Waals surface area contributed by atoms with Crippen molar-refractivity contribution in [2.45, 2.75) is 27.3 Å². The first-order chi connectivity index (χ1) is 11.3. The van der Waals surface area contributed by atoms with Gasteiger partial charge >= 0.3 is 5.69 Å². The number of benzene rings is 1. The van der Waals surface area contributed by atoms with Crippen molar-refractivity contribution in [1.82, 2.24) is 14.1 Å². The molecule has 0 radical (unpaired) electrons. The van der Waals surface area contributed by atoms with Gasteiger partial charge in [-0.2, -0.15) is 5.26 Å². The summed E-state index contributed by atoms with van der Waals surface area (Å²) in [6.45, 7) is 6.99. The van der Waals surface area contributed by atoms with Gasteiger partial charge in [0.15, 0.2) is 0 Å². The highest BCUT2D eigenvalue weighted by molar-refractivity contribution is 5.84. The predicted octanol–water partition coefficient (Wildman–Crippen LogP) is 3.32. The van der Waals surface area contributed by atoms with Gasteiger partial charge < -0.3 is 0 Å². The van der Waals surface area contributed by atoms with E-state index in [0.717, 1.165) is 22.2 Å². The van der Waals surface area contributed by atoms with Crippen LogP contribution in [-0.4, -0.2) is 14.1 Å². The molecule has 0 saturated carbocycles. The Bertz CT molecular complexity index is 1010. The Balaban J connectivity index is 2.22. The van der Waals surface area contributed by atoms with E-state index in [1.807, 2.05) is 22.8 Å². The first-order valence-electron chi connectivity index (χ1n) is 7.85. The molecule has 0 atom stereocenters. The monoisotopic (exact) mass is 320 g/mol. The zero-order valence-corrected chi connectivity index (χ0v) is 14.4. The molecule has 24 heavy (non-hydrogen) atoms. The minimum Gasteiger partial charge on any atom is -0.295 e. The van der Waals surface area contributed by atoms with Crippen molar-refractivity contribution in [3.8, 4) is 17.2 Å². The lowest BCUT2D eigenvalue weighted by atomic mass is 9.97. The van der Waals surface area contributed by atoms with E-state index >= 15 is 0 Å². The second-order valence-corrected chi connectivity index (χ2v) is 7.22. The van der Waals surface area contributed by atoms with Crippen LogP contribution in [0.4, 0.5) is 0 Å². The lowest BCUT2D eigenvalue weighted by Gasteiger charge is -2.18. The van der Waals surface area contributed by atoms with Gasteiger partial charge in [0, 0.05) is 31.5 Å². The number of nitriles is 1. The molecule has 0 N–H and O–H groups in total. The van der Waals surface area contributed by atoms with Crippen molar-refractivity contribution in [2.75, 3.05) is 0 Å². The number of rotatable bonds is 2. The molecule has 3 rings (SSSR count). The third-order valence-corrected chi connectivity index (χ3v) is 4.03. The van der Waals surface area contributed by atoms with Crippen LogP contribution in [-0.2, 0) is 13.6 Å². The Hall–Kier alpha value is -2.87. The Morgan fingerprint density at radius 2 is 1.96 bits per heavy atom. The summed E-state index contributed by atoms with van der Waals surface area (Å²) in [5.41, 5.74) is 3.98. The molecule has 0 aliphatic carbocycles. The first kappa shape index (κ1) is 16.0. The van der Waals surface area contributed by atoms with Crippen LogP contribution in [0.5, 0.6) is 0 Å². The Labute approximate surface area is 140 Å². The van der Waals surface area contributed by atoms with Gasteiger partial charge in [0.05, 0.1) is 22.7 Å². The van der Waals surface area contributed by atoms with E-state index in [1.165, 1.54) is 0 Å². The van der Waals surface area contributed by atoms with E-state index in [1.54, 1.807) is 30.1 Å². The second-order valence-electron chi connectivity index (χ2n) is 7.22. The van der Waals surface area contributed by atoms with Crippen molar-refractivity contribution < 1.29 is 0 Å². The third-order valence-electron chi connectivity index (χ3n) is 4.03. The summed E-state index contributed by atoms with van der Waals surface area (Å²) >= 11 is 0. The van der Waals surface area contributed by atoms with Crippen LogP contribution >= 0.6 is 0 Å². The van der Waals surface area contributed by atoms with Crippen LogP contribution < -0.4 is 5.69 Å². The summed E-state index contributed by atoms with van der Waals surface area (Å²) < 4.78 is 3.47. The van der Waals surface area contributed by atoms with Crippen molar-refractivity contribution in [3.05, 3.63) is 52.7 Å². The number of hydrogen-bond acceptors (Lipinski definition) is 3. The summed E-state index contributed by atoms with van der Waals surface area (Å²) in [7, 11) is 1.78. The van der Waals surface area contributed by atoms with E-state index < -0.39 is 0 Å².